The second-order valence-electron chi connectivity index (χ2n) is 5.97. The molecule has 0 aliphatic carbocycles. The Bertz CT molecular complexity index is 843. The zero-order valence-corrected chi connectivity index (χ0v) is 14.9. The summed E-state index contributed by atoms with van der Waals surface area (Å²) in [6.07, 6.45) is 1.77. The largest absolute Gasteiger partial charge is 0.338 e. The molecule has 3 heterocycles. The molecule has 25 heavy (non-hydrogen) atoms. The lowest BCUT2D eigenvalue weighted by Crippen LogP contribution is -2.32. The third-order valence-corrected chi connectivity index (χ3v) is 5.09. The van der Waals surface area contributed by atoms with Crippen LogP contribution >= 0.6 is 11.8 Å². The number of thioether (sulfide) groups is 1. The lowest BCUT2D eigenvalue weighted by Gasteiger charge is -2.24. The summed E-state index contributed by atoms with van der Waals surface area (Å²) in [5, 5.41) is 4.12. The van der Waals surface area contributed by atoms with Crippen molar-refractivity contribution in [2.75, 3.05) is 24.6 Å². The van der Waals surface area contributed by atoms with Crippen molar-refractivity contribution < 1.29 is 4.52 Å². The lowest BCUT2D eigenvalue weighted by molar-refractivity contribution is 0.245. The molecule has 0 atom stereocenters. The van der Waals surface area contributed by atoms with Crippen molar-refractivity contribution in [3.63, 3.8) is 0 Å². The molecule has 128 valence electrons. The van der Waals surface area contributed by atoms with E-state index in [1.165, 1.54) is 11.5 Å². The molecule has 7 heteroatoms. The molecule has 0 bridgehead atoms. The van der Waals surface area contributed by atoms with Crippen molar-refractivity contribution in [2.45, 2.75) is 13.5 Å². The van der Waals surface area contributed by atoms with E-state index in [-0.39, 0.29) is 0 Å². The quantitative estimate of drug-likeness (QED) is 0.714. The minimum Gasteiger partial charge on any atom is -0.338 e. The van der Waals surface area contributed by atoms with Crippen molar-refractivity contribution >= 4 is 11.8 Å². The van der Waals surface area contributed by atoms with Crippen LogP contribution < -0.4 is 0 Å². The molecule has 1 saturated heterocycles. The van der Waals surface area contributed by atoms with E-state index in [1.807, 2.05) is 49.0 Å². The molecule has 0 amide bonds. The Balaban J connectivity index is 1.48. The van der Waals surface area contributed by atoms with Gasteiger partial charge in [0.05, 0.1) is 12.2 Å². The van der Waals surface area contributed by atoms with Crippen LogP contribution in [0.25, 0.3) is 22.6 Å². The monoisotopic (exact) mass is 353 g/mol. The molecule has 1 aliphatic rings. The molecule has 4 rings (SSSR count). The molecule has 0 spiro atoms. The van der Waals surface area contributed by atoms with Crippen molar-refractivity contribution in [3.05, 3.63) is 48.2 Å². The molecule has 1 aliphatic heterocycles. The molecule has 0 radical (unpaired) electrons. The first-order valence-corrected chi connectivity index (χ1v) is 9.46. The molecule has 1 fully saturated rings. The van der Waals surface area contributed by atoms with Crippen LogP contribution in [0.5, 0.6) is 0 Å². The first kappa shape index (κ1) is 16.2. The predicted octanol–water partition coefficient (Wildman–Crippen LogP) is 3.05. The molecular formula is C18H19N5OS. The van der Waals surface area contributed by atoms with E-state index in [2.05, 4.69) is 25.0 Å². The van der Waals surface area contributed by atoms with Crippen LogP contribution in [0.2, 0.25) is 0 Å². The summed E-state index contributed by atoms with van der Waals surface area (Å²) < 4.78 is 5.42. The van der Waals surface area contributed by atoms with E-state index in [0.29, 0.717) is 11.7 Å². The van der Waals surface area contributed by atoms with Crippen LogP contribution in [0, 0.1) is 6.92 Å². The van der Waals surface area contributed by atoms with Crippen molar-refractivity contribution in [1.29, 1.82) is 0 Å². The molecule has 0 unspecified atom stereocenters. The SMILES string of the molecule is Cc1nccc(-c2ccc(-c3noc(CN4CCSCC4)n3)cc2)n1. The number of aryl methyl sites for hydroxylation is 1. The second kappa shape index (κ2) is 7.33. The maximum Gasteiger partial charge on any atom is 0.241 e. The molecule has 0 saturated carbocycles. The van der Waals surface area contributed by atoms with Crippen LogP contribution in [-0.2, 0) is 6.54 Å². The van der Waals surface area contributed by atoms with Crippen LogP contribution in [0.3, 0.4) is 0 Å². The number of hydrogen-bond donors (Lipinski definition) is 0. The Morgan fingerprint density at radius 3 is 2.56 bits per heavy atom. The average molecular weight is 353 g/mol. The average Bonchev–Trinajstić information content (AvgIpc) is 3.11. The van der Waals surface area contributed by atoms with Gasteiger partial charge < -0.3 is 4.52 Å². The van der Waals surface area contributed by atoms with E-state index in [1.54, 1.807) is 6.20 Å². The zero-order valence-electron chi connectivity index (χ0n) is 14.1. The minimum absolute atomic E-state index is 0.631. The summed E-state index contributed by atoms with van der Waals surface area (Å²) in [4.78, 5) is 15.5. The summed E-state index contributed by atoms with van der Waals surface area (Å²) >= 11 is 1.99. The fourth-order valence-corrected chi connectivity index (χ4v) is 3.77. The van der Waals surface area contributed by atoms with Gasteiger partial charge in [-0.15, -0.1) is 0 Å². The minimum atomic E-state index is 0.631. The molecule has 1 aromatic carbocycles. The third kappa shape index (κ3) is 3.88. The summed E-state index contributed by atoms with van der Waals surface area (Å²) in [5.74, 6) is 4.42. The van der Waals surface area contributed by atoms with E-state index in [0.717, 1.165) is 42.3 Å². The van der Waals surface area contributed by atoms with E-state index < -0.39 is 0 Å². The van der Waals surface area contributed by atoms with Gasteiger partial charge in [-0.25, -0.2) is 9.97 Å². The Kier molecular flexibility index (Phi) is 4.76. The van der Waals surface area contributed by atoms with Gasteiger partial charge in [0.25, 0.3) is 0 Å². The summed E-state index contributed by atoms with van der Waals surface area (Å²) in [6.45, 7) is 4.77. The van der Waals surface area contributed by atoms with Crippen LogP contribution in [0.4, 0.5) is 0 Å². The number of hydrogen-bond acceptors (Lipinski definition) is 7. The van der Waals surface area contributed by atoms with Gasteiger partial charge in [-0.2, -0.15) is 16.7 Å². The van der Waals surface area contributed by atoms with Crippen molar-refractivity contribution in [1.82, 2.24) is 25.0 Å². The van der Waals surface area contributed by atoms with Gasteiger partial charge in [-0.1, -0.05) is 29.4 Å². The Hall–Kier alpha value is -2.25. The number of benzene rings is 1. The van der Waals surface area contributed by atoms with Crippen molar-refractivity contribution in [3.8, 4) is 22.6 Å². The highest BCUT2D eigenvalue weighted by atomic mass is 32.2. The fraction of sp³-hybridized carbons (Fsp3) is 0.333. The van der Waals surface area contributed by atoms with Gasteiger partial charge in [0, 0.05) is 41.9 Å². The standard InChI is InChI=1S/C18H19N5OS/c1-13-19-7-6-16(20-13)14-2-4-15(5-3-14)18-21-17(24-22-18)12-23-8-10-25-11-9-23/h2-7H,8-12H2,1H3. The molecule has 6 nitrogen and oxygen atoms in total. The topological polar surface area (TPSA) is 67.9 Å². The molecule has 0 N–H and O–H groups in total. The van der Waals surface area contributed by atoms with E-state index >= 15 is 0 Å². The fourth-order valence-electron chi connectivity index (χ4n) is 2.79. The van der Waals surface area contributed by atoms with Gasteiger partial charge in [-0.05, 0) is 13.0 Å². The molecular weight excluding hydrogens is 334 g/mol. The maximum atomic E-state index is 5.42. The molecule has 2 aromatic heterocycles. The normalized spacial score (nSPS) is 15.4. The maximum absolute atomic E-state index is 5.42. The summed E-state index contributed by atoms with van der Waals surface area (Å²) in [7, 11) is 0. The van der Waals surface area contributed by atoms with Gasteiger partial charge >= 0.3 is 0 Å². The first-order chi connectivity index (χ1) is 12.3. The Morgan fingerprint density at radius 2 is 1.80 bits per heavy atom. The number of rotatable bonds is 4. The lowest BCUT2D eigenvalue weighted by atomic mass is 10.1. The third-order valence-electron chi connectivity index (χ3n) is 4.15. The second-order valence-corrected chi connectivity index (χ2v) is 7.19. The van der Waals surface area contributed by atoms with Crippen LogP contribution in [0.15, 0.2) is 41.1 Å². The number of nitrogens with zero attached hydrogens (tertiary/aromatic N) is 5. The van der Waals surface area contributed by atoms with Gasteiger partial charge in [0.2, 0.25) is 11.7 Å². The van der Waals surface area contributed by atoms with Crippen LogP contribution in [-0.4, -0.2) is 49.6 Å². The van der Waals surface area contributed by atoms with Gasteiger partial charge in [0.15, 0.2) is 0 Å². The highest BCUT2D eigenvalue weighted by molar-refractivity contribution is 7.99. The number of aromatic nitrogens is 4. The Morgan fingerprint density at radius 1 is 1.04 bits per heavy atom. The van der Waals surface area contributed by atoms with E-state index in [9.17, 15) is 0 Å². The molecule has 3 aromatic rings. The smallest absolute Gasteiger partial charge is 0.241 e. The zero-order chi connectivity index (χ0) is 17.1. The van der Waals surface area contributed by atoms with Gasteiger partial charge in [-0.3, -0.25) is 4.90 Å². The highest BCUT2D eigenvalue weighted by Crippen LogP contribution is 2.22. The highest BCUT2D eigenvalue weighted by Gasteiger charge is 2.15. The Labute approximate surface area is 150 Å². The van der Waals surface area contributed by atoms with Crippen molar-refractivity contribution in [2.24, 2.45) is 0 Å². The first-order valence-electron chi connectivity index (χ1n) is 8.31. The van der Waals surface area contributed by atoms with E-state index in [4.69, 9.17) is 4.52 Å². The predicted molar refractivity (Wildman–Crippen MR) is 98.1 cm³/mol. The summed E-state index contributed by atoms with van der Waals surface area (Å²) in [6, 6.07) is 9.95. The van der Waals surface area contributed by atoms with Gasteiger partial charge in [0.1, 0.15) is 5.82 Å². The summed E-state index contributed by atoms with van der Waals surface area (Å²) in [5.41, 5.74) is 2.90. The van der Waals surface area contributed by atoms with Crippen LogP contribution in [0.1, 0.15) is 11.7 Å².